The molecular formula is C7H15ClN2O2. The Kier molecular flexibility index (Phi) is 4.34. The lowest BCUT2D eigenvalue weighted by atomic mass is 10.6. The summed E-state index contributed by atoms with van der Waals surface area (Å²) in [6, 6.07) is 0.423. The number of carbonyl (C=O) groups excluding carboxylic acids is 1. The van der Waals surface area contributed by atoms with Crippen LogP contribution >= 0.6 is 12.4 Å². The van der Waals surface area contributed by atoms with Crippen molar-refractivity contribution in [3.63, 3.8) is 0 Å². The molecular weight excluding hydrogens is 180 g/mol. The molecule has 12 heavy (non-hydrogen) atoms. The molecule has 5 heteroatoms. The second-order valence-electron chi connectivity index (χ2n) is 2.96. The van der Waals surface area contributed by atoms with Crippen molar-refractivity contribution in [1.29, 1.82) is 0 Å². The summed E-state index contributed by atoms with van der Waals surface area (Å²) < 4.78 is 4.99. The third-order valence-corrected chi connectivity index (χ3v) is 1.83. The van der Waals surface area contributed by atoms with Crippen LogP contribution in [0.25, 0.3) is 0 Å². The van der Waals surface area contributed by atoms with Gasteiger partial charge < -0.3 is 15.0 Å². The number of alkyl carbamates (subject to hydrolysis) is 1. The minimum absolute atomic E-state index is 0. The number of hydrogen-bond acceptors (Lipinski definition) is 3. The summed E-state index contributed by atoms with van der Waals surface area (Å²) in [5, 5.41) is 2.42. The minimum Gasteiger partial charge on any atom is -0.445 e. The van der Waals surface area contributed by atoms with Crippen LogP contribution in [-0.2, 0) is 4.74 Å². The summed E-state index contributed by atoms with van der Waals surface area (Å²) in [7, 11) is 5.53. The smallest absolute Gasteiger partial charge is 0.407 e. The van der Waals surface area contributed by atoms with Crippen molar-refractivity contribution in [2.75, 3.05) is 21.1 Å². The normalized spacial score (nSPS) is 26.0. The molecule has 1 saturated carbocycles. The maximum Gasteiger partial charge on any atom is 0.407 e. The molecule has 0 radical (unpaired) electrons. The fourth-order valence-electron chi connectivity index (χ4n) is 1.03. The molecule has 1 rings (SSSR count). The van der Waals surface area contributed by atoms with E-state index < -0.39 is 0 Å². The second kappa shape index (κ2) is 4.52. The first-order valence-corrected chi connectivity index (χ1v) is 3.70. The average Bonchev–Trinajstić information content (AvgIpc) is 2.67. The van der Waals surface area contributed by atoms with E-state index >= 15 is 0 Å². The Bertz CT molecular complexity index is 163. The highest BCUT2D eigenvalue weighted by molar-refractivity contribution is 5.85. The lowest BCUT2D eigenvalue weighted by Crippen LogP contribution is -2.25. The molecule has 2 atom stereocenters. The van der Waals surface area contributed by atoms with Crippen LogP contribution in [0.2, 0.25) is 0 Å². The van der Waals surface area contributed by atoms with Gasteiger partial charge in [0.15, 0.2) is 0 Å². The van der Waals surface area contributed by atoms with Gasteiger partial charge in [-0.2, -0.15) is 0 Å². The van der Waals surface area contributed by atoms with Crippen LogP contribution in [-0.4, -0.2) is 44.3 Å². The molecule has 1 aliphatic carbocycles. The predicted octanol–water partition coefficient (Wildman–Crippen LogP) is 0.467. The lowest BCUT2D eigenvalue weighted by molar-refractivity contribution is 0.130. The lowest BCUT2D eigenvalue weighted by Gasteiger charge is -2.08. The quantitative estimate of drug-likeness (QED) is 0.695. The number of nitrogens with one attached hydrogen (secondary N) is 1. The molecule has 0 aliphatic heterocycles. The number of amides is 1. The molecule has 0 aromatic heterocycles. The summed E-state index contributed by atoms with van der Waals surface area (Å²) in [5.41, 5.74) is 0. The van der Waals surface area contributed by atoms with Crippen molar-refractivity contribution >= 4 is 18.5 Å². The molecule has 0 aromatic rings. The predicted molar refractivity (Wildman–Crippen MR) is 48.7 cm³/mol. The highest BCUT2D eigenvalue weighted by atomic mass is 35.5. The minimum atomic E-state index is -0.334. The van der Waals surface area contributed by atoms with Crippen LogP contribution in [0.5, 0.6) is 0 Å². The Morgan fingerprint density at radius 1 is 1.58 bits per heavy atom. The van der Waals surface area contributed by atoms with Gasteiger partial charge in [0, 0.05) is 19.5 Å². The third-order valence-electron chi connectivity index (χ3n) is 1.83. The van der Waals surface area contributed by atoms with Gasteiger partial charge >= 0.3 is 6.09 Å². The molecule has 0 bridgehead atoms. The van der Waals surface area contributed by atoms with E-state index in [9.17, 15) is 4.79 Å². The van der Waals surface area contributed by atoms with Crippen LogP contribution < -0.4 is 5.32 Å². The number of halogens is 1. The topological polar surface area (TPSA) is 41.6 Å². The standard InChI is InChI=1S/C7H14N2O2.ClH/c1-8-7(10)11-6-4-5(6)9(2)3;/h5-6H,4H2,1-3H3,(H,8,10);1H. The Labute approximate surface area is 78.7 Å². The van der Waals surface area contributed by atoms with Crippen LogP contribution in [0.4, 0.5) is 4.79 Å². The fourth-order valence-corrected chi connectivity index (χ4v) is 1.03. The van der Waals surface area contributed by atoms with E-state index in [1.54, 1.807) is 7.05 Å². The van der Waals surface area contributed by atoms with Gasteiger partial charge in [-0.3, -0.25) is 0 Å². The van der Waals surface area contributed by atoms with E-state index in [2.05, 4.69) is 10.2 Å². The van der Waals surface area contributed by atoms with Gasteiger partial charge in [-0.1, -0.05) is 0 Å². The van der Waals surface area contributed by atoms with Crippen molar-refractivity contribution in [3.05, 3.63) is 0 Å². The number of carbonyl (C=O) groups is 1. The second-order valence-corrected chi connectivity index (χ2v) is 2.96. The van der Waals surface area contributed by atoms with Crippen molar-refractivity contribution < 1.29 is 9.53 Å². The molecule has 1 aliphatic rings. The maximum atomic E-state index is 10.7. The van der Waals surface area contributed by atoms with E-state index in [1.807, 2.05) is 14.1 Å². The summed E-state index contributed by atoms with van der Waals surface area (Å²) in [4.78, 5) is 12.7. The first-order valence-electron chi connectivity index (χ1n) is 3.70. The van der Waals surface area contributed by atoms with E-state index in [0.717, 1.165) is 6.42 Å². The van der Waals surface area contributed by atoms with E-state index in [0.29, 0.717) is 6.04 Å². The Hall–Kier alpha value is -0.480. The third kappa shape index (κ3) is 2.87. The maximum absolute atomic E-state index is 10.7. The highest BCUT2D eigenvalue weighted by Gasteiger charge is 2.42. The monoisotopic (exact) mass is 194 g/mol. The van der Waals surface area contributed by atoms with Gasteiger partial charge in [0.25, 0.3) is 0 Å². The summed E-state index contributed by atoms with van der Waals surface area (Å²) >= 11 is 0. The summed E-state index contributed by atoms with van der Waals surface area (Å²) in [6.45, 7) is 0. The average molecular weight is 195 g/mol. The van der Waals surface area contributed by atoms with Crippen LogP contribution in [0.1, 0.15) is 6.42 Å². The molecule has 1 amide bonds. The van der Waals surface area contributed by atoms with Crippen molar-refractivity contribution in [1.82, 2.24) is 10.2 Å². The van der Waals surface area contributed by atoms with Crippen LogP contribution in [0, 0.1) is 0 Å². The fraction of sp³-hybridized carbons (Fsp3) is 0.857. The molecule has 0 aromatic carbocycles. The van der Waals surface area contributed by atoms with Crippen molar-refractivity contribution in [2.45, 2.75) is 18.6 Å². The summed E-state index contributed by atoms with van der Waals surface area (Å²) in [5.74, 6) is 0. The molecule has 1 fully saturated rings. The number of ether oxygens (including phenoxy) is 1. The molecule has 2 unspecified atom stereocenters. The molecule has 0 heterocycles. The Morgan fingerprint density at radius 3 is 2.50 bits per heavy atom. The van der Waals surface area contributed by atoms with Crippen LogP contribution in [0.15, 0.2) is 0 Å². The SMILES string of the molecule is CNC(=O)OC1CC1N(C)C.Cl. The van der Waals surface area contributed by atoms with E-state index in [1.165, 1.54) is 0 Å². The number of hydrogen-bond donors (Lipinski definition) is 1. The van der Waals surface area contributed by atoms with Gasteiger partial charge in [0.1, 0.15) is 6.10 Å². The molecule has 0 spiro atoms. The van der Waals surface area contributed by atoms with Gasteiger partial charge in [-0.25, -0.2) is 4.79 Å². The zero-order chi connectivity index (χ0) is 8.43. The van der Waals surface area contributed by atoms with Crippen molar-refractivity contribution in [3.8, 4) is 0 Å². The molecule has 1 N–H and O–H groups in total. The molecule has 0 saturated heterocycles. The highest BCUT2D eigenvalue weighted by Crippen LogP contribution is 2.29. The Morgan fingerprint density at radius 2 is 2.17 bits per heavy atom. The number of rotatable bonds is 2. The molecule has 72 valence electrons. The van der Waals surface area contributed by atoms with Crippen molar-refractivity contribution in [2.24, 2.45) is 0 Å². The molecule has 4 nitrogen and oxygen atoms in total. The van der Waals surface area contributed by atoms with Gasteiger partial charge in [0.05, 0.1) is 0 Å². The summed E-state index contributed by atoms with van der Waals surface area (Å²) in [6.07, 6.45) is 0.727. The number of nitrogens with zero attached hydrogens (tertiary/aromatic N) is 1. The van der Waals surface area contributed by atoms with Gasteiger partial charge in [0.2, 0.25) is 0 Å². The van der Waals surface area contributed by atoms with Crippen LogP contribution in [0.3, 0.4) is 0 Å². The zero-order valence-corrected chi connectivity index (χ0v) is 8.35. The van der Waals surface area contributed by atoms with Gasteiger partial charge in [-0.05, 0) is 14.1 Å². The zero-order valence-electron chi connectivity index (χ0n) is 7.53. The first kappa shape index (κ1) is 11.5. The van der Waals surface area contributed by atoms with E-state index in [4.69, 9.17) is 4.74 Å². The van der Waals surface area contributed by atoms with Gasteiger partial charge in [-0.15, -0.1) is 12.4 Å². The number of likely N-dealkylation sites (N-methyl/N-ethyl adjacent to an activating group) is 1. The Balaban J connectivity index is 0.00000121. The van der Waals surface area contributed by atoms with E-state index in [-0.39, 0.29) is 24.6 Å². The largest absolute Gasteiger partial charge is 0.445 e. The first-order chi connectivity index (χ1) is 5.15.